The Hall–Kier alpha value is -1.09. The van der Waals surface area contributed by atoms with Crippen molar-refractivity contribution in [3.05, 3.63) is 23.8 Å². The van der Waals surface area contributed by atoms with Crippen molar-refractivity contribution >= 4 is 5.97 Å². The summed E-state index contributed by atoms with van der Waals surface area (Å²) in [6.45, 7) is 0. The molecule has 1 N–H and O–H groups in total. The highest BCUT2D eigenvalue weighted by Gasteiger charge is 2.41. The smallest absolute Gasteiger partial charge is 0.307 e. The molecule has 2 atom stereocenters. The number of allylic oxidation sites excluding steroid dienone is 2. The standard InChI is InChI=1S/C8H8O3/c9-7(10)4-5-2-1-3-6-8(5)11-6/h1-3,6,8H,4H2,(H,9,10). The average Bonchev–Trinajstić information content (AvgIpc) is 2.65. The van der Waals surface area contributed by atoms with E-state index >= 15 is 0 Å². The van der Waals surface area contributed by atoms with E-state index in [0.717, 1.165) is 5.57 Å². The molecule has 0 aromatic heterocycles. The summed E-state index contributed by atoms with van der Waals surface area (Å²) in [5, 5.41) is 8.48. The zero-order valence-electron chi connectivity index (χ0n) is 5.86. The first-order valence-electron chi connectivity index (χ1n) is 3.52. The summed E-state index contributed by atoms with van der Waals surface area (Å²) in [5.41, 5.74) is 0.880. The van der Waals surface area contributed by atoms with Crippen LogP contribution in [-0.2, 0) is 9.53 Å². The van der Waals surface area contributed by atoms with Gasteiger partial charge in [-0.3, -0.25) is 4.79 Å². The maximum atomic E-state index is 10.3. The lowest BCUT2D eigenvalue weighted by Gasteiger charge is -2.00. The van der Waals surface area contributed by atoms with Crippen LogP contribution < -0.4 is 0 Å². The number of ether oxygens (including phenoxy) is 1. The SMILES string of the molecule is O=C(O)CC1=CC=CC2OC12. The van der Waals surface area contributed by atoms with Gasteiger partial charge in [0.05, 0.1) is 6.42 Å². The molecular formula is C8H8O3. The second-order valence-electron chi connectivity index (χ2n) is 2.72. The van der Waals surface area contributed by atoms with E-state index in [1.807, 2.05) is 18.2 Å². The maximum Gasteiger partial charge on any atom is 0.307 e. The van der Waals surface area contributed by atoms with Crippen molar-refractivity contribution in [2.24, 2.45) is 0 Å². The fourth-order valence-electron chi connectivity index (χ4n) is 1.29. The van der Waals surface area contributed by atoms with Crippen LogP contribution in [0.2, 0.25) is 0 Å². The number of carboxylic acids is 1. The summed E-state index contributed by atoms with van der Waals surface area (Å²) in [6, 6.07) is 0. The van der Waals surface area contributed by atoms with E-state index in [0.29, 0.717) is 0 Å². The molecule has 2 aliphatic rings. The zero-order valence-corrected chi connectivity index (χ0v) is 5.86. The summed E-state index contributed by atoms with van der Waals surface area (Å²) in [7, 11) is 0. The van der Waals surface area contributed by atoms with Crippen LogP contribution in [0.15, 0.2) is 23.8 Å². The summed E-state index contributed by atoms with van der Waals surface area (Å²) in [5.74, 6) is -0.791. The molecule has 0 amide bonds. The number of epoxide rings is 1. The molecule has 1 aliphatic carbocycles. The second kappa shape index (κ2) is 2.20. The third-order valence-corrected chi connectivity index (χ3v) is 1.86. The minimum Gasteiger partial charge on any atom is -0.481 e. The fourth-order valence-corrected chi connectivity index (χ4v) is 1.29. The minimum atomic E-state index is -0.791. The summed E-state index contributed by atoms with van der Waals surface area (Å²) in [4.78, 5) is 10.3. The van der Waals surface area contributed by atoms with E-state index in [2.05, 4.69) is 0 Å². The van der Waals surface area contributed by atoms with Gasteiger partial charge in [-0.25, -0.2) is 0 Å². The van der Waals surface area contributed by atoms with Crippen molar-refractivity contribution < 1.29 is 14.6 Å². The van der Waals surface area contributed by atoms with E-state index in [1.165, 1.54) is 0 Å². The van der Waals surface area contributed by atoms with E-state index in [-0.39, 0.29) is 18.6 Å². The van der Waals surface area contributed by atoms with Crippen LogP contribution in [-0.4, -0.2) is 23.3 Å². The molecule has 1 aliphatic heterocycles. The highest BCUT2D eigenvalue weighted by atomic mass is 16.6. The van der Waals surface area contributed by atoms with Crippen LogP contribution in [0.1, 0.15) is 6.42 Å². The number of hydrogen-bond acceptors (Lipinski definition) is 2. The predicted octanol–water partition coefficient (Wildman–Crippen LogP) is 0.725. The van der Waals surface area contributed by atoms with Gasteiger partial charge in [-0.15, -0.1) is 0 Å². The number of hydrogen-bond donors (Lipinski definition) is 1. The molecule has 0 spiro atoms. The molecule has 0 aromatic carbocycles. The Labute approximate surface area is 64.0 Å². The summed E-state index contributed by atoms with van der Waals surface area (Å²) in [6.07, 6.45) is 5.95. The lowest BCUT2D eigenvalue weighted by molar-refractivity contribution is -0.136. The van der Waals surface area contributed by atoms with Crippen molar-refractivity contribution in [2.75, 3.05) is 0 Å². The van der Waals surface area contributed by atoms with Crippen LogP contribution in [0.3, 0.4) is 0 Å². The monoisotopic (exact) mass is 152 g/mol. The van der Waals surface area contributed by atoms with Gasteiger partial charge in [0.15, 0.2) is 0 Å². The predicted molar refractivity (Wildman–Crippen MR) is 38.1 cm³/mol. The molecule has 2 rings (SSSR count). The largest absolute Gasteiger partial charge is 0.481 e. The third kappa shape index (κ3) is 1.19. The van der Waals surface area contributed by atoms with E-state index in [4.69, 9.17) is 9.84 Å². The van der Waals surface area contributed by atoms with Gasteiger partial charge in [0, 0.05) is 0 Å². The molecule has 1 saturated heterocycles. The molecule has 0 aromatic rings. The minimum absolute atomic E-state index is 0.0658. The van der Waals surface area contributed by atoms with Gasteiger partial charge in [-0.05, 0) is 5.57 Å². The lowest BCUT2D eigenvalue weighted by atomic mass is 10.0. The molecule has 11 heavy (non-hydrogen) atoms. The van der Waals surface area contributed by atoms with Crippen molar-refractivity contribution in [3.63, 3.8) is 0 Å². The topological polar surface area (TPSA) is 49.8 Å². The molecule has 0 radical (unpaired) electrons. The van der Waals surface area contributed by atoms with Crippen molar-refractivity contribution in [2.45, 2.75) is 18.6 Å². The van der Waals surface area contributed by atoms with Crippen LogP contribution >= 0.6 is 0 Å². The van der Waals surface area contributed by atoms with Crippen LogP contribution in [0.4, 0.5) is 0 Å². The Kier molecular flexibility index (Phi) is 1.32. The molecular weight excluding hydrogens is 144 g/mol. The fraction of sp³-hybridized carbons (Fsp3) is 0.375. The Morgan fingerprint density at radius 1 is 1.73 bits per heavy atom. The van der Waals surface area contributed by atoms with Gasteiger partial charge in [-0.2, -0.15) is 0 Å². The van der Waals surface area contributed by atoms with Gasteiger partial charge >= 0.3 is 5.97 Å². The molecule has 3 nitrogen and oxygen atoms in total. The summed E-state index contributed by atoms with van der Waals surface area (Å²) >= 11 is 0. The lowest BCUT2D eigenvalue weighted by Crippen LogP contribution is -2.05. The molecule has 3 heteroatoms. The number of rotatable bonds is 2. The van der Waals surface area contributed by atoms with Gasteiger partial charge in [0.25, 0.3) is 0 Å². The first-order chi connectivity index (χ1) is 5.27. The van der Waals surface area contributed by atoms with Crippen molar-refractivity contribution in [3.8, 4) is 0 Å². The van der Waals surface area contributed by atoms with Gasteiger partial charge in [0.2, 0.25) is 0 Å². The molecule has 0 bridgehead atoms. The first-order valence-corrected chi connectivity index (χ1v) is 3.52. The zero-order chi connectivity index (χ0) is 7.84. The Bertz CT molecular complexity index is 252. The van der Waals surface area contributed by atoms with Gasteiger partial charge in [-0.1, -0.05) is 18.2 Å². The number of carbonyl (C=O) groups is 1. The van der Waals surface area contributed by atoms with Crippen molar-refractivity contribution in [1.29, 1.82) is 0 Å². The molecule has 58 valence electrons. The van der Waals surface area contributed by atoms with Crippen molar-refractivity contribution in [1.82, 2.24) is 0 Å². The molecule has 1 fully saturated rings. The quantitative estimate of drug-likeness (QED) is 0.593. The second-order valence-corrected chi connectivity index (χ2v) is 2.72. The first kappa shape index (κ1) is 6.61. The maximum absolute atomic E-state index is 10.3. The highest BCUT2D eigenvalue weighted by molar-refractivity contribution is 5.71. The number of fused-ring (bicyclic) bond motifs is 1. The van der Waals surface area contributed by atoms with E-state index in [1.54, 1.807) is 0 Å². The van der Waals surface area contributed by atoms with Gasteiger partial charge < -0.3 is 9.84 Å². The highest BCUT2D eigenvalue weighted by Crippen LogP contribution is 2.34. The van der Waals surface area contributed by atoms with Gasteiger partial charge in [0.1, 0.15) is 12.2 Å². The average molecular weight is 152 g/mol. The number of aliphatic carboxylic acids is 1. The Balaban J connectivity index is 2.07. The molecule has 0 saturated carbocycles. The third-order valence-electron chi connectivity index (χ3n) is 1.86. The molecule has 1 heterocycles. The summed E-state index contributed by atoms with van der Waals surface area (Å²) < 4.78 is 5.17. The Morgan fingerprint density at radius 3 is 3.27 bits per heavy atom. The molecule has 2 unspecified atom stereocenters. The van der Waals surface area contributed by atoms with E-state index in [9.17, 15) is 4.79 Å². The van der Waals surface area contributed by atoms with E-state index < -0.39 is 5.97 Å². The number of carboxylic acid groups (broad SMARTS) is 1. The normalized spacial score (nSPS) is 32.5. The van der Waals surface area contributed by atoms with Crippen LogP contribution in [0.25, 0.3) is 0 Å². The Morgan fingerprint density at radius 2 is 2.55 bits per heavy atom. The van der Waals surface area contributed by atoms with Crippen LogP contribution in [0, 0.1) is 0 Å². The van der Waals surface area contributed by atoms with Crippen LogP contribution in [0.5, 0.6) is 0 Å².